The first-order valence-electron chi connectivity index (χ1n) is 7.17. The number of nitrogens with one attached hydrogen (secondary N) is 1. The molecule has 0 heterocycles. The van der Waals surface area contributed by atoms with E-state index in [1.165, 1.54) is 44.4 Å². The van der Waals surface area contributed by atoms with E-state index in [1.807, 2.05) is 0 Å². The number of anilines is 1. The number of nitro groups is 1. The zero-order chi connectivity index (χ0) is 19.4. The van der Waals surface area contributed by atoms with Crippen LogP contribution in [0.4, 0.5) is 11.4 Å². The van der Waals surface area contributed by atoms with Crippen LogP contribution in [0.2, 0.25) is 15.1 Å². The second-order valence-corrected chi connectivity index (χ2v) is 6.31. The van der Waals surface area contributed by atoms with Crippen LogP contribution < -0.4 is 14.8 Å². The van der Waals surface area contributed by atoms with Crippen molar-refractivity contribution in [2.75, 3.05) is 12.4 Å². The predicted octanol–water partition coefficient (Wildman–Crippen LogP) is 4.97. The summed E-state index contributed by atoms with van der Waals surface area (Å²) in [5.74, 6) is -0.121. The molecule has 0 saturated heterocycles. The molecule has 2 aromatic carbocycles. The van der Waals surface area contributed by atoms with Crippen LogP contribution in [0.25, 0.3) is 0 Å². The molecular weight excluding hydrogens is 407 g/mol. The van der Waals surface area contributed by atoms with Crippen LogP contribution in [0.3, 0.4) is 0 Å². The summed E-state index contributed by atoms with van der Waals surface area (Å²) in [5.41, 5.74) is -0.0513. The Labute approximate surface area is 163 Å². The lowest BCUT2D eigenvalue weighted by molar-refractivity contribution is -0.384. The molecule has 1 amide bonds. The van der Waals surface area contributed by atoms with E-state index in [-0.39, 0.29) is 37.9 Å². The second kappa shape index (κ2) is 8.44. The van der Waals surface area contributed by atoms with Gasteiger partial charge in [0.15, 0.2) is 6.10 Å². The zero-order valence-electron chi connectivity index (χ0n) is 13.6. The van der Waals surface area contributed by atoms with Crippen LogP contribution in [0.1, 0.15) is 6.92 Å². The minimum absolute atomic E-state index is 0.141. The standard InChI is InChI=1S/C16H13Cl3N2O5/c1-8(26-15-7-11(18)10(17)6-12(15)19)16(22)20-13-5-9(21(23)24)3-4-14(13)25-2/h3-8H,1-2H3,(H,20,22)/t8-/m1/s1. The van der Waals surface area contributed by atoms with E-state index in [1.54, 1.807) is 0 Å². The fourth-order valence-electron chi connectivity index (χ4n) is 1.98. The van der Waals surface area contributed by atoms with E-state index in [4.69, 9.17) is 44.3 Å². The zero-order valence-corrected chi connectivity index (χ0v) is 15.9. The monoisotopic (exact) mass is 418 g/mol. The Morgan fingerprint density at radius 1 is 1.12 bits per heavy atom. The molecule has 0 fully saturated rings. The molecular formula is C16H13Cl3N2O5. The summed E-state index contributed by atoms with van der Waals surface area (Å²) in [6.45, 7) is 1.48. The average molecular weight is 420 g/mol. The van der Waals surface area contributed by atoms with Crippen molar-refractivity contribution in [2.24, 2.45) is 0 Å². The molecule has 0 radical (unpaired) electrons. The molecule has 7 nitrogen and oxygen atoms in total. The summed E-state index contributed by atoms with van der Waals surface area (Å²) in [5, 5.41) is 14.1. The molecule has 1 atom stereocenters. The number of amides is 1. The Balaban J connectivity index is 2.18. The number of ether oxygens (including phenoxy) is 2. The fraction of sp³-hybridized carbons (Fsp3) is 0.188. The molecule has 0 aliphatic rings. The lowest BCUT2D eigenvalue weighted by atomic mass is 10.2. The van der Waals surface area contributed by atoms with Crippen LogP contribution in [0, 0.1) is 10.1 Å². The summed E-state index contributed by atoms with van der Waals surface area (Å²) in [6.07, 6.45) is -0.978. The van der Waals surface area contributed by atoms with E-state index in [9.17, 15) is 14.9 Å². The third-order valence-electron chi connectivity index (χ3n) is 3.30. The number of carbonyl (C=O) groups excluding carboxylic acids is 1. The molecule has 0 aliphatic heterocycles. The SMILES string of the molecule is COc1ccc([N+](=O)[O-])cc1NC(=O)[C@@H](C)Oc1cc(Cl)c(Cl)cc1Cl. The van der Waals surface area contributed by atoms with Gasteiger partial charge in [-0.25, -0.2) is 0 Å². The molecule has 26 heavy (non-hydrogen) atoms. The van der Waals surface area contributed by atoms with Gasteiger partial charge >= 0.3 is 0 Å². The molecule has 0 bridgehead atoms. The van der Waals surface area contributed by atoms with Crippen molar-refractivity contribution in [1.29, 1.82) is 0 Å². The van der Waals surface area contributed by atoms with E-state index >= 15 is 0 Å². The minimum atomic E-state index is -0.978. The topological polar surface area (TPSA) is 90.7 Å². The van der Waals surface area contributed by atoms with Gasteiger partial charge in [-0.2, -0.15) is 0 Å². The first-order valence-corrected chi connectivity index (χ1v) is 8.30. The number of non-ortho nitro benzene ring substituents is 1. The number of methoxy groups -OCH3 is 1. The van der Waals surface area contributed by atoms with Gasteiger partial charge in [0.2, 0.25) is 0 Å². The molecule has 2 aromatic rings. The Morgan fingerprint density at radius 2 is 1.77 bits per heavy atom. The van der Waals surface area contributed by atoms with E-state index < -0.39 is 16.9 Å². The fourth-order valence-corrected chi connectivity index (χ4v) is 2.56. The summed E-state index contributed by atoms with van der Waals surface area (Å²) in [7, 11) is 1.38. The number of carbonyl (C=O) groups is 1. The van der Waals surface area contributed by atoms with Gasteiger partial charge in [0.25, 0.3) is 11.6 Å². The summed E-state index contributed by atoms with van der Waals surface area (Å²) >= 11 is 17.8. The van der Waals surface area contributed by atoms with Crippen molar-refractivity contribution in [3.05, 3.63) is 55.5 Å². The Bertz CT molecular complexity index is 860. The maximum atomic E-state index is 12.4. The number of hydrogen-bond acceptors (Lipinski definition) is 5. The molecule has 0 unspecified atom stereocenters. The van der Waals surface area contributed by atoms with E-state index in [0.29, 0.717) is 0 Å². The normalized spacial score (nSPS) is 11.6. The van der Waals surface area contributed by atoms with Crippen LogP contribution >= 0.6 is 34.8 Å². The average Bonchev–Trinajstić information content (AvgIpc) is 2.59. The van der Waals surface area contributed by atoms with E-state index in [2.05, 4.69) is 5.32 Å². The molecule has 0 aromatic heterocycles. The van der Waals surface area contributed by atoms with Gasteiger partial charge in [0.05, 0.1) is 32.8 Å². The highest BCUT2D eigenvalue weighted by molar-refractivity contribution is 6.43. The summed E-state index contributed by atoms with van der Waals surface area (Å²) in [6, 6.07) is 6.63. The van der Waals surface area contributed by atoms with Gasteiger partial charge in [-0.3, -0.25) is 14.9 Å². The van der Waals surface area contributed by atoms with Gasteiger partial charge in [0, 0.05) is 18.2 Å². The highest BCUT2D eigenvalue weighted by Gasteiger charge is 2.20. The minimum Gasteiger partial charge on any atom is -0.495 e. The quantitative estimate of drug-likeness (QED) is 0.405. The van der Waals surface area contributed by atoms with Crippen molar-refractivity contribution in [1.82, 2.24) is 0 Å². The smallest absolute Gasteiger partial charge is 0.271 e. The largest absolute Gasteiger partial charge is 0.495 e. The summed E-state index contributed by atoms with van der Waals surface area (Å²) in [4.78, 5) is 22.7. The third kappa shape index (κ3) is 4.69. The third-order valence-corrected chi connectivity index (χ3v) is 4.32. The van der Waals surface area contributed by atoms with Crippen molar-refractivity contribution >= 4 is 52.1 Å². The maximum absolute atomic E-state index is 12.4. The number of rotatable bonds is 6. The predicted molar refractivity (Wildman–Crippen MR) is 99.8 cm³/mol. The van der Waals surface area contributed by atoms with Crippen molar-refractivity contribution in [3.63, 3.8) is 0 Å². The van der Waals surface area contributed by atoms with Crippen LogP contribution in [0.15, 0.2) is 30.3 Å². The Morgan fingerprint density at radius 3 is 2.38 bits per heavy atom. The lowest BCUT2D eigenvalue weighted by Gasteiger charge is -2.17. The number of benzene rings is 2. The summed E-state index contributed by atoms with van der Waals surface area (Å²) < 4.78 is 10.6. The first-order chi connectivity index (χ1) is 12.2. The van der Waals surface area contributed by atoms with Gasteiger partial charge in [-0.05, 0) is 19.1 Å². The second-order valence-electron chi connectivity index (χ2n) is 5.09. The molecule has 138 valence electrons. The van der Waals surface area contributed by atoms with Crippen molar-refractivity contribution in [3.8, 4) is 11.5 Å². The van der Waals surface area contributed by atoms with Crippen LogP contribution in [-0.4, -0.2) is 24.0 Å². The number of halogens is 3. The van der Waals surface area contributed by atoms with Gasteiger partial charge in [-0.15, -0.1) is 0 Å². The van der Waals surface area contributed by atoms with Gasteiger partial charge in [-0.1, -0.05) is 34.8 Å². The highest BCUT2D eigenvalue weighted by atomic mass is 35.5. The Kier molecular flexibility index (Phi) is 6.52. The van der Waals surface area contributed by atoms with Gasteiger partial charge < -0.3 is 14.8 Å². The van der Waals surface area contributed by atoms with E-state index in [0.717, 1.165) is 0 Å². The molecule has 0 aliphatic carbocycles. The van der Waals surface area contributed by atoms with Crippen molar-refractivity contribution in [2.45, 2.75) is 13.0 Å². The first kappa shape index (κ1) is 20.1. The number of nitrogens with zero attached hydrogens (tertiary/aromatic N) is 1. The molecule has 0 spiro atoms. The molecule has 1 N–H and O–H groups in total. The number of nitro benzene ring substituents is 1. The number of hydrogen-bond donors (Lipinski definition) is 1. The van der Waals surface area contributed by atoms with Gasteiger partial charge in [0.1, 0.15) is 11.5 Å². The molecule has 0 saturated carbocycles. The molecule has 2 rings (SSSR count). The Hall–Kier alpha value is -2.22. The van der Waals surface area contributed by atoms with Crippen LogP contribution in [0.5, 0.6) is 11.5 Å². The lowest BCUT2D eigenvalue weighted by Crippen LogP contribution is -2.30. The molecule has 10 heteroatoms. The van der Waals surface area contributed by atoms with Crippen molar-refractivity contribution < 1.29 is 19.2 Å². The van der Waals surface area contributed by atoms with Crippen LogP contribution in [-0.2, 0) is 4.79 Å². The highest BCUT2D eigenvalue weighted by Crippen LogP contribution is 2.34. The maximum Gasteiger partial charge on any atom is 0.271 e.